The predicted molar refractivity (Wildman–Crippen MR) is 97.6 cm³/mol. The Balaban J connectivity index is 1.51. The number of benzene rings is 1. The van der Waals surface area contributed by atoms with E-state index in [4.69, 9.17) is 5.73 Å². The van der Waals surface area contributed by atoms with Gasteiger partial charge in [-0.1, -0.05) is 30.3 Å². The minimum Gasteiger partial charge on any atom is -0.339 e. The van der Waals surface area contributed by atoms with Crippen LogP contribution >= 0.6 is 11.3 Å². The molecule has 25 heavy (non-hydrogen) atoms. The number of amides is 1. The van der Waals surface area contributed by atoms with Crippen LogP contribution in [0.2, 0.25) is 0 Å². The lowest BCUT2D eigenvalue weighted by atomic mass is 9.95. The zero-order valence-electron chi connectivity index (χ0n) is 13.5. The van der Waals surface area contributed by atoms with Crippen LogP contribution in [0.25, 0.3) is 10.2 Å². The van der Waals surface area contributed by atoms with E-state index in [0.29, 0.717) is 23.3 Å². The number of hydrogen-bond acceptors (Lipinski definition) is 5. The molecule has 6 nitrogen and oxygen atoms in total. The molecule has 128 valence electrons. The van der Waals surface area contributed by atoms with Gasteiger partial charge in [0.15, 0.2) is 0 Å². The van der Waals surface area contributed by atoms with Crippen molar-refractivity contribution in [3.63, 3.8) is 0 Å². The molecule has 1 aromatic carbocycles. The molecule has 1 aliphatic rings. The second kappa shape index (κ2) is 6.42. The number of rotatable bonds is 3. The maximum absolute atomic E-state index is 12.6. The van der Waals surface area contributed by atoms with Crippen LogP contribution in [0, 0.1) is 0 Å². The highest BCUT2D eigenvalue weighted by molar-refractivity contribution is 7.16. The maximum atomic E-state index is 12.6. The Morgan fingerprint density at radius 3 is 2.84 bits per heavy atom. The van der Waals surface area contributed by atoms with E-state index < -0.39 is 0 Å². The van der Waals surface area contributed by atoms with E-state index in [2.05, 4.69) is 4.98 Å². The lowest BCUT2D eigenvalue weighted by Gasteiger charge is -2.17. The second-order valence-corrected chi connectivity index (χ2v) is 7.19. The van der Waals surface area contributed by atoms with Crippen molar-refractivity contribution in [2.45, 2.75) is 18.5 Å². The Labute approximate surface area is 148 Å². The fourth-order valence-corrected chi connectivity index (χ4v) is 4.06. The highest BCUT2D eigenvalue weighted by Crippen LogP contribution is 2.26. The fraction of sp³-hybridized carbons (Fsp3) is 0.278. The zero-order valence-corrected chi connectivity index (χ0v) is 14.4. The Bertz CT molecular complexity index is 966. The molecule has 3 aromatic rings. The number of nitrogens with two attached hydrogens (primary N) is 1. The minimum absolute atomic E-state index is 0.00809. The molecule has 0 saturated carbocycles. The largest absolute Gasteiger partial charge is 0.339 e. The molecule has 0 bridgehead atoms. The summed E-state index contributed by atoms with van der Waals surface area (Å²) in [5.41, 5.74) is 7.21. The summed E-state index contributed by atoms with van der Waals surface area (Å²) in [7, 11) is 0. The van der Waals surface area contributed by atoms with Crippen molar-refractivity contribution in [2.24, 2.45) is 5.73 Å². The summed E-state index contributed by atoms with van der Waals surface area (Å²) in [6.07, 6.45) is 1.45. The molecule has 3 heterocycles. The van der Waals surface area contributed by atoms with Gasteiger partial charge in [-0.15, -0.1) is 11.3 Å². The topological polar surface area (TPSA) is 81.2 Å². The molecule has 0 spiro atoms. The van der Waals surface area contributed by atoms with Gasteiger partial charge >= 0.3 is 0 Å². The number of carbonyl (C=O) groups is 1. The predicted octanol–water partition coefficient (Wildman–Crippen LogP) is 1.41. The summed E-state index contributed by atoms with van der Waals surface area (Å²) in [4.78, 5) is 31.8. The highest BCUT2D eigenvalue weighted by atomic mass is 32.1. The van der Waals surface area contributed by atoms with Crippen molar-refractivity contribution in [3.8, 4) is 0 Å². The summed E-state index contributed by atoms with van der Waals surface area (Å²) >= 11 is 1.42. The average molecular weight is 354 g/mol. The van der Waals surface area contributed by atoms with Gasteiger partial charge in [0.25, 0.3) is 5.56 Å². The molecule has 7 heteroatoms. The summed E-state index contributed by atoms with van der Waals surface area (Å²) in [5, 5.41) is 2.38. The van der Waals surface area contributed by atoms with Crippen molar-refractivity contribution in [1.29, 1.82) is 0 Å². The minimum atomic E-state index is -0.178. The molecule has 0 unspecified atom stereocenters. The van der Waals surface area contributed by atoms with Crippen LogP contribution < -0.4 is 11.3 Å². The summed E-state index contributed by atoms with van der Waals surface area (Å²) in [5.74, 6) is 0.0201. The van der Waals surface area contributed by atoms with Crippen LogP contribution in [0.3, 0.4) is 0 Å². The van der Waals surface area contributed by atoms with Gasteiger partial charge in [0.1, 0.15) is 11.4 Å². The summed E-state index contributed by atoms with van der Waals surface area (Å²) in [6, 6.07) is 11.7. The van der Waals surface area contributed by atoms with Gasteiger partial charge in [-0.05, 0) is 17.0 Å². The lowest BCUT2D eigenvalue weighted by molar-refractivity contribution is -0.130. The summed E-state index contributed by atoms with van der Waals surface area (Å²) < 4.78 is 1.37. The van der Waals surface area contributed by atoms with Gasteiger partial charge < -0.3 is 10.6 Å². The maximum Gasteiger partial charge on any atom is 0.262 e. The van der Waals surface area contributed by atoms with E-state index in [9.17, 15) is 9.59 Å². The van der Waals surface area contributed by atoms with Crippen molar-refractivity contribution >= 4 is 27.5 Å². The first-order chi connectivity index (χ1) is 12.1. The third kappa shape index (κ3) is 2.96. The van der Waals surface area contributed by atoms with Crippen molar-refractivity contribution in [1.82, 2.24) is 14.5 Å². The van der Waals surface area contributed by atoms with Gasteiger partial charge in [-0.3, -0.25) is 14.2 Å². The van der Waals surface area contributed by atoms with Gasteiger partial charge in [0.2, 0.25) is 5.91 Å². The van der Waals surface area contributed by atoms with Crippen molar-refractivity contribution in [3.05, 3.63) is 64.0 Å². The smallest absolute Gasteiger partial charge is 0.262 e. The van der Waals surface area contributed by atoms with E-state index in [1.807, 2.05) is 35.7 Å². The third-order valence-electron chi connectivity index (χ3n) is 4.70. The van der Waals surface area contributed by atoms with Gasteiger partial charge in [0, 0.05) is 25.0 Å². The molecule has 1 saturated heterocycles. The fourth-order valence-electron chi connectivity index (χ4n) is 3.34. The molecule has 2 aromatic heterocycles. The Morgan fingerprint density at radius 2 is 2.04 bits per heavy atom. The molecule has 2 N–H and O–H groups in total. The van der Waals surface area contributed by atoms with E-state index in [0.717, 1.165) is 5.56 Å². The molecule has 4 rings (SSSR count). The second-order valence-electron chi connectivity index (χ2n) is 6.30. The molecule has 1 amide bonds. The normalized spacial score (nSPS) is 20.3. The van der Waals surface area contributed by atoms with Crippen LogP contribution in [0.15, 0.2) is 52.9 Å². The summed E-state index contributed by atoms with van der Waals surface area (Å²) in [6.45, 7) is 1.07. The number of carbonyl (C=O) groups excluding carboxylic acids is 1. The van der Waals surface area contributed by atoms with Crippen LogP contribution in [-0.4, -0.2) is 39.5 Å². The van der Waals surface area contributed by atoms with E-state index in [-0.39, 0.29) is 30.0 Å². The molecule has 0 aliphatic carbocycles. The molecule has 1 aliphatic heterocycles. The van der Waals surface area contributed by atoms with E-state index in [1.54, 1.807) is 11.0 Å². The number of thiophene rings is 1. The molecule has 1 fully saturated rings. The Kier molecular flexibility index (Phi) is 4.10. The quantitative estimate of drug-likeness (QED) is 0.771. The SMILES string of the molecule is N[C@@H]1CN(C(=O)Cn2cnc3sccc3c2=O)C[C@H]1c1ccccc1. The Morgan fingerprint density at radius 1 is 1.24 bits per heavy atom. The van der Waals surface area contributed by atoms with Gasteiger partial charge in [-0.25, -0.2) is 4.98 Å². The first kappa shape index (κ1) is 16.0. The first-order valence-electron chi connectivity index (χ1n) is 8.14. The van der Waals surface area contributed by atoms with E-state index in [1.165, 1.54) is 22.2 Å². The molecular weight excluding hydrogens is 336 g/mol. The number of aromatic nitrogens is 2. The zero-order chi connectivity index (χ0) is 17.4. The van der Waals surface area contributed by atoms with Crippen LogP contribution in [0.1, 0.15) is 11.5 Å². The van der Waals surface area contributed by atoms with Crippen molar-refractivity contribution in [2.75, 3.05) is 13.1 Å². The molecule has 0 radical (unpaired) electrons. The van der Waals surface area contributed by atoms with Crippen LogP contribution in [0.4, 0.5) is 0 Å². The first-order valence-corrected chi connectivity index (χ1v) is 9.02. The van der Waals surface area contributed by atoms with Gasteiger partial charge in [0.05, 0.1) is 11.7 Å². The van der Waals surface area contributed by atoms with Gasteiger partial charge in [-0.2, -0.15) is 0 Å². The number of likely N-dealkylation sites (tertiary alicyclic amines) is 1. The average Bonchev–Trinajstić information content (AvgIpc) is 3.25. The van der Waals surface area contributed by atoms with Crippen LogP contribution in [-0.2, 0) is 11.3 Å². The standard InChI is InChI=1S/C18H18N4O2S/c19-15-9-21(8-14(15)12-4-2-1-3-5-12)16(23)10-22-11-20-17-13(18(22)24)6-7-25-17/h1-7,11,14-15H,8-10,19H2/t14-,15+/m0/s1. The van der Waals surface area contributed by atoms with Crippen LogP contribution in [0.5, 0.6) is 0 Å². The number of fused-ring (bicyclic) bond motifs is 1. The number of nitrogens with zero attached hydrogens (tertiary/aromatic N) is 3. The molecular formula is C18H18N4O2S. The van der Waals surface area contributed by atoms with Crippen molar-refractivity contribution < 1.29 is 4.79 Å². The number of hydrogen-bond donors (Lipinski definition) is 1. The third-order valence-corrected chi connectivity index (χ3v) is 5.52. The van der Waals surface area contributed by atoms with E-state index >= 15 is 0 Å². The molecule has 2 atom stereocenters. The Hall–Kier alpha value is -2.51. The lowest BCUT2D eigenvalue weighted by Crippen LogP contribution is -2.36. The highest BCUT2D eigenvalue weighted by Gasteiger charge is 2.33. The monoisotopic (exact) mass is 354 g/mol.